The first-order chi connectivity index (χ1) is 17.9. The molecule has 1 amide bonds. The molecule has 0 radical (unpaired) electrons. The van der Waals surface area contributed by atoms with Crippen LogP contribution >= 0.6 is 23.2 Å². The fourth-order valence-corrected chi connectivity index (χ4v) is 5.08. The van der Waals surface area contributed by atoms with E-state index in [4.69, 9.17) is 33.4 Å². The molecule has 2 aromatic rings. The molecule has 9 heteroatoms. The predicted octanol–water partition coefficient (Wildman–Crippen LogP) is 5.07. The average molecular weight is 553 g/mol. The van der Waals surface area contributed by atoms with Crippen LogP contribution < -0.4 is 10.6 Å². The Labute approximate surface area is 228 Å². The molecule has 6 nitrogen and oxygen atoms in total. The van der Waals surface area contributed by atoms with Crippen molar-refractivity contribution >= 4 is 29.6 Å². The van der Waals surface area contributed by atoms with Crippen LogP contribution in [-0.2, 0) is 4.79 Å². The van der Waals surface area contributed by atoms with E-state index in [2.05, 4.69) is 16.7 Å². The number of carbonyl (C=O) groups is 1. The number of carbonyl (C=O) groups excluding carboxylic acids is 1. The molecule has 4 rings (SSSR count). The first kappa shape index (κ1) is 31.0. The van der Waals surface area contributed by atoms with Crippen molar-refractivity contribution in [3.63, 3.8) is 0 Å². The van der Waals surface area contributed by atoms with E-state index in [1.807, 2.05) is 30.3 Å². The lowest BCUT2D eigenvalue weighted by molar-refractivity contribution is -0.109. The van der Waals surface area contributed by atoms with Gasteiger partial charge in [-0.2, -0.15) is 5.26 Å². The lowest BCUT2D eigenvalue weighted by Crippen LogP contribution is -2.28. The number of hydrogen-bond donors (Lipinski definition) is 4. The Morgan fingerprint density at radius 2 is 1.86 bits per heavy atom. The molecule has 1 saturated heterocycles. The molecule has 0 bridgehead atoms. The number of aliphatic hydroxyl groups is 2. The fraction of sp³-hybridized carbons (Fsp3) is 0.500. The monoisotopic (exact) mass is 551 g/mol. The Balaban J connectivity index is 0.000000248. The molecule has 1 heterocycles. The average Bonchev–Trinajstić information content (AvgIpc) is 3.57. The molecule has 4 atom stereocenters. The van der Waals surface area contributed by atoms with Crippen molar-refractivity contribution in [1.29, 1.82) is 5.26 Å². The van der Waals surface area contributed by atoms with E-state index in [0.29, 0.717) is 31.5 Å². The Kier molecular flexibility index (Phi) is 14.5. The highest BCUT2D eigenvalue weighted by atomic mass is 35.5. The molecule has 2 aromatic carbocycles. The largest absolute Gasteiger partial charge is 0.394 e. The summed E-state index contributed by atoms with van der Waals surface area (Å²) in [7, 11) is 0. The standard InChI is InChI=1S/C17H20ClFN2.C6H5Cl.C5H11NO3/c18-15-7-3-6-12(17(15)19)14-10-21-16(13(14)9-20)8-11-4-1-2-5-11;7-6-4-2-1-3-5-6;7-3-5(9)1-2-6-4-8/h3,6-7,11,13-14,16,21H,1-2,4-5,8,10H2;1-5H;4-5,7,9H,1-3H2,(H,6,8). The van der Waals surface area contributed by atoms with E-state index in [1.54, 1.807) is 18.2 Å². The van der Waals surface area contributed by atoms with Gasteiger partial charge in [0, 0.05) is 30.1 Å². The second kappa shape index (κ2) is 17.3. The summed E-state index contributed by atoms with van der Waals surface area (Å²) in [4.78, 5) is 9.62. The van der Waals surface area contributed by atoms with Gasteiger partial charge >= 0.3 is 0 Å². The van der Waals surface area contributed by atoms with Crippen LogP contribution in [0.25, 0.3) is 0 Å². The maximum Gasteiger partial charge on any atom is 0.207 e. The van der Waals surface area contributed by atoms with Crippen molar-refractivity contribution in [2.75, 3.05) is 19.7 Å². The lowest BCUT2D eigenvalue weighted by atomic mass is 9.82. The van der Waals surface area contributed by atoms with Crippen LogP contribution in [0.4, 0.5) is 4.39 Å². The highest BCUT2D eigenvalue weighted by molar-refractivity contribution is 6.31. The molecule has 0 aromatic heterocycles. The van der Waals surface area contributed by atoms with Crippen LogP contribution in [0.5, 0.6) is 0 Å². The van der Waals surface area contributed by atoms with Crippen molar-refractivity contribution in [1.82, 2.24) is 10.6 Å². The number of hydrogen-bond acceptors (Lipinski definition) is 5. The van der Waals surface area contributed by atoms with Crippen molar-refractivity contribution in [2.45, 2.75) is 56.6 Å². The Hall–Kier alpha value is -2.21. The topological polar surface area (TPSA) is 105 Å². The highest BCUT2D eigenvalue weighted by Gasteiger charge is 2.39. The number of nitrogens with zero attached hydrogens (tertiary/aromatic N) is 1. The molecule has 4 N–H and O–H groups in total. The zero-order chi connectivity index (χ0) is 27.0. The van der Waals surface area contributed by atoms with E-state index in [9.17, 15) is 14.4 Å². The van der Waals surface area contributed by atoms with Crippen molar-refractivity contribution < 1.29 is 19.4 Å². The van der Waals surface area contributed by atoms with Gasteiger partial charge in [-0.05, 0) is 42.5 Å². The molecule has 2 fully saturated rings. The van der Waals surface area contributed by atoms with Gasteiger partial charge in [0.1, 0.15) is 5.82 Å². The summed E-state index contributed by atoms with van der Waals surface area (Å²) in [6, 6.07) is 17.1. The summed E-state index contributed by atoms with van der Waals surface area (Å²) in [6.45, 7) is 0.818. The van der Waals surface area contributed by atoms with Gasteiger partial charge in [-0.3, -0.25) is 4.79 Å². The smallest absolute Gasteiger partial charge is 0.207 e. The van der Waals surface area contributed by atoms with Gasteiger partial charge in [0.25, 0.3) is 0 Å². The number of halogens is 3. The molecular weight excluding hydrogens is 516 g/mol. The molecule has 4 unspecified atom stereocenters. The summed E-state index contributed by atoms with van der Waals surface area (Å²) in [6.07, 6.45) is 6.44. The summed E-state index contributed by atoms with van der Waals surface area (Å²) in [5.74, 6) is 0.0905. The Morgan fingerprint density at radius 3 is 2.43 bits per heavy atom. The zero-order valence-electron chi connectivity index (χ0n) is 20.8. The Bertz CT molecular complexity index is 971. The van der Waals surface area contributed by atoms with Crippen LogP contribution in [-0.4, -0.2) is 48.5 Å². The van der Waals surface area contributed by atoms with E-state index in [-0.39, 0.29) is 35.3 Å². The normalized spacial score (nSPS) is 21.6. The summed E-state index contributed by atoms with van der Waals surface area (Å²) < 4.78 is 14.2. The highest BCUT2D eigenvalue weighted by Crippen LogP contribution is 2.39. The van der Waals surface area contributed by atoms with Crippen molar-refractivity contribution in [3.8, 4) is 6.07 Å². The van der Waals surface area contributed by atoms with Gasteiger partial charge in [-0.25, -0.2) is 4.39 Å². The number of rotatable bonds is 8. The van der Waals surface area contributed by atoms with Crippen LogP contribution in [0.3, 0.4) is 0 Å². The van der Waals surface area contributed by atoms with E-state index in [1.165, 1.54) is 25.7 Å². The van der Waals surface area contributed by atoms with Gasteiger partial charge in [0.15, 0.2) is 0 Å². The summed E-state index contributed by atoms with van der Waals surface area (Å²) in [5, 5.41) is 33.2. The maximum atomic E-state index is 14.2. The molecule has 37 heavy (non-hydrogen) atoms. The van der Waals surface area contributed by atoms with Crippen LogP contribution in [0.1, 0.15) is 50.0 Å². The zero-order valence-corrected chi connectivity index (χ0v) is 22.3. The maximum absolute atomic E-state index is 14.2. The van der Waals surface area contributed by atoms with Crippen LogP contribution in [0.15, 0.2) is 48.5 Å². The van der Waals surface area contributed by atoms with E-state index < -0.39 is 6.10 Å². The first-order valence-corrected chi connectivity index (χ1v) is 13.4. The molecule has 1 saturated carbocycles. The molecule has 0 spiro atoms. The third kappa shape index (κ3) is 10.6. The van der Waals surface area contributed by atoms with Crippen molar-refractivity contribution in [2.24, 2.45) is 11.8 Å². The number of nitrogens with one attached hydrogen (secondary N) is 2. The van der Waals surface area contributed by atoms with Gasteiger partial charge in [0.2, 0.25) is 6.41 Å². The van der Waals surface area contributed by atoms with Gasteiger partial charge < -0.3 is 20.8 Å². The molecule has 2 aliphatic rings. The van der Waals surface area contributed by atoms with Gasteiger partial charge in [-0.15, -0.1) is 0 Å². The fourth-order valence-electron chi connectivity index (χ4n) is 4.75. The molecular formula is C28H36Cl2FN3O3. The minimum atomic E-state index is -0.711. The van der Waals surface area contributed by atoms with Gasteiger partial charge in [-0.1, -0.05) is 79.2 Å². The predicted molar refractivity (Wildman–Crippen MR) is 145 cm³/mol. The molecule has 202 valence electrons. The molecule has 1 aliphatic carbocycles. The quantitative estimate of drug-likeness (QED) is 0.270. The molecule has 1 aliphatic heterocycles. The van der Waals surface area contributed by atoms with Gasteiger partial charge in [0.05, 0.1) is 29.7 Å². The number of amides is 1. The number of nitriles is 1. The Morgan fingerprint density at radius 1 is 1.16 bits per heavy atom. The lowest BCUT2D eigenvalue weighted by Gasteiger charge is -2.21. The summed E-state index contributed by atoms with van der Waals surface area (Å²) in [5.41, 5.74) is 0.579. The van der Waals surface area contributed by atoms with E-state index in [0.717, 1.165) is 17.4 Å². The third-order valence-electron chi connectivity index (χ3n) is 6.71. The van der Waals surface area contributed by atoms with Crippen molar-refractivity contribution in [3.05, 3.63) is 70.0 Å². The minimum absolute atomic E-state index is 0.0971. The SMILES string of the molecule is Clc1ccccc1.N#CC1C(CC2CCCC2)NCC1c1cccc(Cl)c1F.O=CNCCC(O)CO. The third-order valence-corrected chi connectivity index (χ3v) is 7.25. The number of aliphatic hydroxyl groups excluding tert-OH is 2. The number of benzene rings is 2. The second-order valence-corrected chi connectivity index (χ2v) is 10.1. The second-order valence-electron chi connectivity index (χ2n) is 9.30. The first-order valence-electron chi connectivity index (χ1n) is 12.6. The summed E-state index contributed by atoms with van der Waals surface area (Å²) >= 11 is 11.4. The van der Waals surface area contributed by atoms with Crippen LogP contribution in [0, 0.1) is 29.0 Å². The van der Waals surface area contributed by atoms with E-state index >= 15 is 0 Å². The van der Waals surface area contributed by atoms with Crippen LogP contribution in [0.2, 0.25) is 10.0 Å². The minimum Gasteiger partial charge on any atom is -0.394 e.